The first kappa shape index (κ1) is 23.3. The molecule has 0 fully saturated rings. The molecule has 3 aromatic rings. The molecule has 6 rings (SSSR count). The Morgan fingerprint density at radius 1 is 1.11 bits per heavy atom. The van der Waals surface area contributed by atoms with Crippen molar-refractivity contribution in [2.75, 3.05) is 11.6 Å². The molecule has 2 aliphatic heterocycles. The molecule has 0 radical (unpaired) electrons. The molecular weight excluding hydrogens is 469 g/mol. The lowest BCUT2D eigenvalue weighted by Crippen LogP contribution is -2.35. The zero-order chi connectivity index (χ0) is 25.4. The minimum absolute atomic E-state index is 0.171. The van der Waals surface area contributed by atoms with E-state index in [0.717, 1.165) is 52.5 Å². The van der Waals surface area contributed by atoms with Gasteiger partial charge in [0.25, 0.3) is 0 Å². The van der Waals surface area contributed by atoms with Crippen LogP contribution in [0.3, 0.4) is 0 Å². The van der Waals surface area contributed by atoms with Gasteiger partial charge < -0.3 is 20.0 Å². The van der Waals surface area contributed by atoms with E-state index in [4.69, 9.17) is 4.74 Å². The zero-order valence-corrected chi connectivity index (χ0v) is 20.3. The smallest absolute Gasteiger partial charge is 0.148 e. The van der Waals surface area contributed by atoms with Gasteiger partial charge in [0.15, 0.2) is 0 Å². The van der Waals surface area contributed by atoms with E-state index in [-0.39, 0.29) is 11.8 Å². The van der Waals surface area contributed by atoms with Gasteiger partial charge in [0.05, 0.1) is 29.8 Å². The number of allylic oxidation sites excluding steroid dienone is 2. The van der Waals surface area contributed by atoms with Crippen molar-refractivity contribution in [1.82, 2.24) is 19.9 Å². The van der Waals surface area contributed by atoms with Gasteiger partial charge in [-0.1, -0.05) is 30.3 Å². The van der Waals surface area contributed by atoms with Gasteiger partial charge in [-0.3, -0.25) is 5.01 Å². The first-order chi connectivity index (χ1) is 18.1. The van der Waals surface area contributed by atoms with Gasteiger partial charge in [0.1, 0.15) is 5.82 Å². The third-order valence-corrected chi connectivity index (χ3v) is 6.93. The molecule has 1 aliphatic carbocycles. The number of ether oxygens (including phenoxy) is 1. The second-order valence-electron chi connectivity index (χ2n) is 9.23. The standard InChI is InChI=1S/C29H27FN5O2/c1-2-17-37-28-10-5-9-26-29(28)23-19-34(25-8-4-3-7-24(25)30)35(36)27(23)20-32(26)18-21-11-13-22(14-12-21)33-16-6-15-31-33/h2-4,6-8,11-16,19-20,28H,1,5,9-10,17-18H2/q-1. The van der Waals surface area contributed by atoms with Crippen LogP contribution in [0.5, 0.6) is 0 Å². The molecule has 1 unspecified atom stereocenters. The van der Waals surface area contributed by atoms with E-state index in [9.17, 15) is 9.60 Å². The number of hydrogen-bond acceptors (Lipinski definition) is 6. The van der Waals surface area contributed by atoms with E-state index in [1.807, 2.05) is 35.3 Å². The quantitative estimate of drug-likeness (QED) is 0.386. The van der Waals surface area contributed by atoms with Crippen molar-refractivity contribution in [3.63, 3.8) is 0 Å². The van der Waals surface area contributed by atoms with Crippen LogP contribution < -0.4 is 5.01 Å². The van der Waals surface area contributed by atoms with Crippen LogP contribution in [0.4, 0.5) is 10.1 Å². The van der Waals surface area contributed by atoms with Gasteiger partial charge in [-0.15, -0.1) is 6.58 Å². The summed E-state index contributed by atoms with van der Waals surface area (Å²) in [7, 11) is 0. The number of hydrogen-bond donors (Lipinski definition) is 0. The molecule has 1 atom stereocenters. The molecule has 0 saturated heterocycles. The molecule has 8 heteroatoms. The Balaban J connectivity index is 1.37. The predicted molar refractivity (Wildman–Crippen MR) is 140 cm³/mol. The van der Waals surface area contributed by atoms with Gasteiger partial charge in [0, 0.05) is 48.2 Å². The van der Waals surface area contributed by atoms with Crippen molar-refractivity contribution in [3.8, 4) is 5.69 Å². The number of benzene rings is 2. The fourth-order valence-corrected chi connectivity index (χ4v) is 5.23. The highest BCUT2D eigenvalue weighted by Gasteiger charge is 2.38. The van der Waals surface area contributed by atoms with Crippen LogP contribution in [0.15, 0.2) is 115 Å². The Morgan fingerprint density at radius 3 is 2.70 bits per heavy atom. The van der Waals surface area contributed by atoms with E-state index in [1.165, 1.54) is 11.1 Å². The maximum atomic E-state index is 14.6. The average Bonchev–Trinajstić information content (AvgIpc) is 3.57. The maximum Gasteiger partial charge on any atom is 0.148 e. The fourth-order valence-electron chi connectivity index (χ4n) is 5.23. The minimum Gasteiger partial charge on any atom is -0.738 e. The fraction of sp³-hybridized carbons (Fsp3) is 0.207. The van der Waals surface area contributed by atoms with Crippen molar-refractivity contribution < 1.29 is 9.13 Å². The number of aromatic nitrogens is 2. The number of anilines is 1. The van der Waals surface area contributed by atoms with Crippen LogP contribution in [0, 0.1) is 11.0 Å². The molecule has 3 aliphatic rings. The van der Waals surface area contributed by atoms with Gasteiger partial charge in [0.2, 0.25) is 0 Å². The summed E-state index contributed by atoms with van der Waals surface area (Å²) < 4.78 is 22.6. The van der Waals surface area contributed by atoms with E-state index < -0.39 is 5.82 Å². The van der Waals surface area contributed by atoms with E-state index in [2.05, 4.69) is 28.7 Å². The van der Waals surface area contributed by atoms with Crippen LogP contribution >= 0.6 is 0 Å². The SMILES string of the molecule is C=CCOC1CCCC2=C1C1=CN(c3ccccc3F)N([O-])C1=CN2Cc1ccc(-n2cccn2)cc1. The lowest BCUT2D eigenvalue weighted by Gasteiger charge is -2.42. The number of hydrazine groups is 1. The van der Waals surface area contributed by atoms with Crippen LogP contribution in [-0.4, -0.2) is 32.6 Å². The predicted octanol–water partition coefficient (Wildman–Crippen LogP) is 5.80. The maximum absolute atomic E-state index is 14.6. The van der Waals surface area contributed by atoms with Crippen molar-refractivity contribution >= 4 is 5.69 Å². The first-order valence-corrected chi connectivity index (χ1v) is 12.4. The number of fused-ring (bicyclic) bond motifs is 2. The Labute approximate surface area is 215 Å². The lowest BCUT2D eigenvalue weighted by molar-refractivity contribution is 0.0850. The van der Waals surface area contributed by atoms with Crippen LogP contribution in [0.25, 0.3) is 5.69 Å². The highest BCUT2D eigenvalue weighted by atomic mass is 19.1. The molecule has 0 bridgehead atoms. The Bertz CT molecular complexity index is 1390. The summed E-state index contributed by atoms with van der Waals surface area (Å²) in [6, 6.07) is 16.4. The van der Waals surface area contributed by atoms with E-state index in [1.54, 1.807) is 36.7 Å². The molecule has 7 nitrogen and oxygen atoms in total. The molecule has 0 spiro atoms. The summed E-state index contributed by atoms with van der Waals surface area (Å²) in [5.41, 5.74) is 5.68. The van der Waals surface area contributed by atoms with Crippen molar-refractivity contribution in [2.45, 2.75) is 31.9 Å². The largest absolute Gasteiger partial charge is 0.738 e. The topological polar surface area (TPSA) is 59.8 Å². The van der Waals surface area contributed by atoms with Gasteiger partial charge >= 0.3 is 0 Å². The van der Waals surface area contributed by atoms with Crippen LogP contribution in [-0.2, 0) is 11.3 Å². The molecule has 0 saturated carbocycles. The summed E-state index contributed by atoms with van der Waals surface area (Å²) in [6.07, 6.45) is 11.5. The van der Waals surface area contributed by atoms with Crippen LogP contribution in [0.1, 0.15) is 24.8 Å². The van der Waals surface area contributed by atoms with Gasteiger partial charge in [-0.05, 0) is 55.2 Å². The van der Waals surface area contributed by atoms with Gasteiger partial charge in [-0.25, -0.2) is 9.07 Å². The number of halogens is 1. The average molecular weight is 497 g/mol. The number of hydroxylamine groups is 1. The molecule has 2 aromatic carbocycles. The molecule has 188 valence electrons. The molecule has 0 N–H and O–H groups in total. The summed E-state index contributed by atoms with van der Waals surface area (Å²) >= 11 is 0. The summed E-state index contributed by atoms with van der Waals surface area (Å²) in [6.45, 7) is 4.81. The first-order valence-electron chi connectivity index (χ1n) is 12.4. The molecule has 3 heterocycles. The number of rotatable bonds is 7. The zero-order valence-electron chi connectivity index (χ0n) is 20.3. The second-order valence-corrected chi connectivity index (χ2v) is 9.23. The molecule has 37 heavy (non-hydrogen) atoms. The minimum atomic E-state index is -0.453. The van der Waals surface area contributed by atoms with Crippen molar-refractivity contribution in [2.24, 2.45) is 0 Å². The number of nitrogens with zero attached hydrogens (tertiary/aromatic N) is 5. The van der Waals surface area contributed by atoms with Crippen molar-refractivity contribution in [3.05, 3.63) is 131 Å². The normalized spacial score (nSPS) is 19.0. The van der Waals surface area contributed by atoms with E-state index >= 15 is 0 Å². The third-order valence-electron chi connectivity index (χ3n) is 6.93. The highest BCUT2D eigenvalue weighted by molar-refractivity contribution is 5.64. The molecule has 1 aromatic heterocycles. The van der Waals surface area contributed by atoms with Crippen LogP contribution in [0.2, 0.25) is 0 Å². The van der Waals surface area contributed by atoms with Crippen molar-refractivity contribution in [1.29, 1.82) is 0 Å². The summed E-state index contributed by atoms with van der Waals surface area (Å²) in [4.78, 5) is 2.14. The highest BCUT2D eigenvalue weighted by Crippen LogP contribution is 2.46. The number of para-hydroxylation sites is 1. The van der Waals surface area contributed by atoms with E-state index in [0.29, 0.717) is 18.8 Å². The Kier molecular flexibility index (Phi) is 6.12. The van der Waals surface area contributed by atoms with Gasteiger partial charge in [-0.2, -0.15) is 5.10 Å². The Morgan fingerprint density at radius 2 is 1.95 bits per heavy atom. The summed E-state index contributed by atoms with van der Waals surface area (Å²) in [5, 5.41) is 19.9. The Hall–Kier alpha value is -4.14. The summed E-state index contributed by atoms with van der Waals surface area (Å²) in [5.74, 6) is -0.453. The molecular formula is C29H27FN5O2-. The molecule has 0 amide bonds. The third kappa shape index (κ3) is 4.24. The monoisotopic (exact) mass is 496 g/mol. The second kappa shape index (κ2) is 9.72. The lowest BCUT2D eigenvalue weighted by atomic mass is 9.85.